The highest BCUT2D eigenvalue weighted by Gasteiger charge is 2.24. The Morgan fingerprint density at radius 1 is 1.28 bits per heavy atom. The van der Waals surface area contributed by atoms with Crippen LogP contribution in [0.5, 0.6) is 0 Å². The first-order valence-corrected chi connectivity index (χ1v) is 6.44. The number of urea groups is 1. The number of rotatable bonds is 7. The van der Waals surface area contributed by atoms with E-state index in [1.807, 2.05) is 20.1 Å². The van der Waals surface area contributed by atoms with Gasteiger partial charge in [-0.2, -0.15) is 11.8 Å². The summed E-state index contributed by atoms with van der Waals surface area (Å²) in [5.41, 5.74) is 0. The molecule has 0 saturated carbocycles. The first-order valence-electron chi connectivity index (χ1n) is 5.22. The van der Waals surface area contributed by atoms with Gasteiger partial charge in [-0.05, 0) is 20.1 Å². The van der Waals surface area contributed by atoms with Gasteiger partial charge in [0.05, 0.1) is 6.42 Å². The SMILES string of the molecule is CSC(C)(C)CNC(=O)N[C@@H](CC(=O)O)C(=O)O. The van der Waals surface area contributed by atoms with E-state index >= 15 is 0 Å². The predicted molar refractivity (Wildman–Crippen MR) is 67.8 cm³/mol. The smallest absolute Gasteiger partial charge is 0.326 e. The van der Waals surface area contributed by atoms with Gasteiger partial charge < -0.3 is 20.8 Å². The zero-order chi connectivity index (χ0) is 14.3. The summed E-state index contributed by atoms with van der Waals surface area (Å²) < 4.78 is -0.178. The first kappa shape index (κ1) is 16.6. The fourth-order valence-electron chi connectivity index (χ4n) is 0.949. The Hall–Kier alpha value is -1.44. The number of carboxylic acid groups (broad SMARTS) is 2. The molecule has 1 atom stereocenters. The van der Waals surface area contributed by atoms with Gasteiger partial charge in [-0.25, -0.2) is 9.59 Å². The van der Waals surface area contributed by atoms with Gasteiger partial charge in [-0.1, -0.05) is 0 Å². The highest BCUT2D eigenvalue weighted by atomic mass is 32.2. The van der Waals surface area contributed by atoms with Crippen LogP contribution >= 0.6 is 11.8 Å². The van der Waals surface area contributed by atoms with Crippen molar-refractivity contribution in [3.63, 3.8) is 0 Å². The zero-order valence-corrected chi connectivity index (χ0v) is 11.3. The van der Waals surface area contributed by atoms with Crippen molar-refractivity contribution in [2.75, 3.05) is 12.8 Å². The predicted octanol–water partition coefficient (Wildman–Crippen LogP) is 0.355. The Balaban J connectivity index is 4.27. The van der Waals surface area contributed by atoms with Gasteiger partial charge >= 0.3 is 18.0 Å². The maximum atomic E-state index is 11.4. The molecule has 0 spiro atoms. The van der Waals surface area contributed by atoms with Crippen molar-refractivity contribution in [3.8, 4) is 0 Å². The van der Waals surface area contributed by atoms with Crippen LogP contribution in [-0.4, -0.2) is 51.8 Å². The molecule has 7 nitrogen and oxygen atoms in total. The van der Waals surface area contributed by atoms with E-state index in [9.17, 15) is 14.4 Å². The summed E-state index contributed by atoms with van der Waals surface area (Å²) in [7, 11) is 0. The van der Waals surface area contributed by atoms with E-state index in [1.165, 1.54) is 0 Å². The van der Waals surface area contributed by atoms with Crippen LogP contribution in [-0.2, 0) is 9.59 Å². The Morgan fingerprint density at radius 3 is 2.22 bits per heavy atom. The average molecular weight is 278 g/mol. The summed E-state index contributed by atoms with van der Waals surface area (Å²) in [4.78, 5) is 32.6. The molecule has 0 aromatic heterocycles. The number of carbonyl (C=O) groups excluding carboxylic acids is 1. The van der Waals surface area contributed by atoms with Crippen LogP contribution in [0, 0.1) is 0 Å². The fourth-order valence-corrected chi connectivity index (χ4v) is 1.17. The molecule has 0 aromatic carbocycles. The summed E-state index contributed by atoms with van der Waals surface area (Å²) in [6.07, 6.45) is 1.23. The molecule has 0 bridgehead atoms. The van der Waals surface area contributed by atoms with Crippen molar-refractivity contribution in [1.29, 1.82) is 0 Å². The highest BCUT2D eigenvalue weighted by molar-refractivity contribution is 7.99. The number of nitrogens with one attached hydrogen (secondary N) is 2. The molecule has 0 heterocycles. The Bertz CT molecular complexity index is 332. The maximum absolute atomic E-state index is 11.4. The van der Waals surface area contributed by atoms with E-state index in [4.69, 9.17) is 10.2 Å². The highest BCUT2D eigenvalue weighted by Crippen LogP contribution is 2.19. The molecule has 0 aromatic rings. The van der Waals surface area contributed by atoms with Crippen molar-refractivity contribution in [2.45, 2.75) is 31.1 Å². The van der Waals surface area contributed by atoms with E-state index in [1.54, 1.807) is 11.8 Å². The van der Waals surface area contributed by atoms with Crippen molar-refractivity contribution >= 4 is 29.7 Å². The number of thioether (sulfide) groups is 1. The molecule has 0 saturated heterocycles. The Kier molecular flexibility index (Phi) is 6.53. The van der Waals surface area contributed by atoms with E-state index < -0.39 is 30.4 Å². The van der Waals surface area contributed by atoms with Gasteiger partial charge in [0.1, 0.15) is 6.04 Å². The van der Waals surface area contributed by atoms with Crippen LogP contribution in [0.1, 0.15) is 20.3 Å². The molecule has 0 aliphatic heterocycles. The normalized spacial score (nSPS) is 12.6. The molecular formula is C10H18N2O5S. The maximum Gasteiger partial charge on any atom is 0.326 e. The van der Waals surface area contributed by atoms with Crippen LogP contribution < -0.4 is 10.6 Å². The topological polar surface area (TPSA) is 116 Å². The molecule has 0 rings (SSSR count). The Labute approximate surface area is 109 Å². The second-order valence-corrected chi connectivity index (χ2v) is 5.79. The number of hydrogen-bond acceptors (Lipinski definition) is 4. The summed E-state index contributed by atoms with van der Waals surface area (Å²) >= 11 is 1.55. The third kappa shape index (κ3) is 7.00. The van der Waals surface area contributed by atoms with E-state index in [-0.39, 0.29) is 4.75 Å². The van der Waals surface area contributed by atoms with Gasteiger partial charge in [0.15, 0.2) is 0 Å². The van der Waals surface area contributed by atoms with Gasteiger partial charge in [0, 0.05) is 11.3 Å². The van der Waals surface area contributed by atoms with Crippen molar-refractivity contribution in [3.05, 3.63) is 0 Å². The van der Waals surface area contributed by atoms with Gasteiger partial charge in [-0.15, -0.1) is 0 Å². The molecular weight excluding hydrogens is 260 g/mol. The third-order valence-electron chi connectivity index (χ3n) is 2.21. The van der Waals surface area contributed by atoms with Crippen LogP contribution in [0.3, 0.4) is 0 Å². The molecule has 4 N–H and O–H groups in total. The summed E-state index contributed by atoms with van der Waals surface area (Å²) in [6.45, 7) is 4.19. The van der Waals surface area contributed by atoms with Gasteiger partial charge in [0.25, 0.3) is 0 Å². The van der Waals surface area contributed by atoms with Crippen LogP contribution in [0.4, 0.5) is 4.79 Å². The molecule has 18 heavy (non-hydrogen) atoms. The van der Waals surface area contributed by atoms with Crippen LogP contribution in [0.15, 0.2) is 0 Å². The third-order valence-corrected chi connectivity index (χ3v) is 3.46. The van der Waals surface area contributed by atoms with E-state index in [0.29, 0.717) is 6.54 Å². The lowest BCUT2D eigenvalue weighted by Gasteiger charge is -2.23. The van der Waals surface area contributed by atoms with Crippen molar-refractivity contribution < 1.29 is 24.6 Å². The largest absolute Gasteiger partial charge is 0.481 e. The molecule has 2 amide bonds. The number of carbonyl (C=O) groups is 3. The van der Waals surface area contributed by atoms with Crippen LogP contribution in [0.2, 0.25) is 0 Å². The summed E-state index contributed by atoms with van der Waals surface area (Å²) in [6, 6.07) is -2.12. The summed E-state index contributed by atoms with van der Waals surface area (Å²) in [5.74, 6) is -2.66. The minimum atomic E-state index is -1.43. The lowest BCUT2D eigenvalue weighted by Crippen LogP contribution is -2.49. The molecule has 8 heteroatoms. The summed E-state index contributed by atoms with van der Waals surface area (Å²) in [5, 5.41) is 21.8. The second-order valence-electron chi connectivity index (χ2n) is 4.28. The number of aliphatic carboxylic acids is 2. The molecule has 0 unspecified atom stereocenters. The molecule has 0 aliphatic rings. The Morgan fingerprint density at radius 2 is 1.83 bits per heavy atom. The van der Waals surface area contributed by atoms with E-state index in [0.717, 1.165) is 0 Å². The lowest BCUT2D eigenvalue weighted by atomic mass is 10.2. The second kappa shape index (κ2) is 7.10. The van der Waals surface area contributed by atoms with E-state index in [2.05, 4.69) is 10.6 Å². The van der Waals surface area contributed by atoms with Crippen LogP contribution in [0.25, 0.3) is 0 Å². The zero-order valence-electron chi connectivity index (χ0n) is 10.5. The standard InChI is InChI=1S/C10H18N2O5S/c1-10(2,18-3)5-11-9(17)12-6(8(15)16)4-7(13)14/h6H,4-5H2,1-3H3,(H,13,14)(H,15,16)(H2,11,12,17)/t6-/m0/s1. The molecule has 0 fully saturated rings. The lowest BCUT2D eigenvalue weighted by molar-refractivity contribution is -0.145. The first-order chi connectivity index (χ1) is 8.18. The number of amides is 2. The van der Waals surface area contributed by atoms with Gasteiger partial charge in [0.2, 0.25) is 0 Å². The molecule has 0 aliphatic carbocycles. The fraction of sp³-hybridized carbons (Fsp3) is 0.700. The van der Waals surface area contributed by atoms with Gasteiger partial charge in [-0.3, -0.25) is 4.79 Å². The molecule has 0 radical (unpaired) electrons. The van der Waals surface area contributed by atoms with Crippen molar-refractivity contribution in [1.82, 2.24) is 10.6 Å². The quantitative estimate of drug-likeness (QED) is 0.534. The van der Waals surface area contributed by atoms with Crippen molar-refractivity contribution in [2.24, 2.45) is 0 Å². The number of hydrogen-bond donors (Lipinski definition) is 4. The number of carboxylic acids is 2. The average Bonchev–Trinajstić information content (AvgIpc) is 2.25. The molecule has 104 valence electrons. The minimum absolute atomic E-state index is 0.178. The monoisotopic (exact) mass is 278 g/mol. The minimum Gasteiger partial charge on any atom is -0.481 e.